The smallest absolute Gasteiger partial charge is 0.0449 e. The van der Waals surface area contributed by atoms with Gasteiger partial charge in [-0.3, -0.25) is 4.98 Å². The lowest BCUT2D eigenvalue weighted by atomic mass is 10.0. The molecule has 1 aromatic rings. The molecule has 0 N–H and O–H groups in total. The van der Waals surface area contributed by atoms with Crippen LogP contribution in [0.1, 0.15) is 75.6 Å². The zero-order valence-corrected chi connectivity index (χ0v) is 17.5. The lowest BCUT2D eigenvalue weighted by molar-refractivity contribution is 0.510. The molecule has 2 fully saturated rings. The minimum atomic E-state index is 0.123. The molecule has 0 aliphatic heterocycles. The van der Waals surface area contributed by atoms with Gasteiger partial charge < -0.3 is 0 Å². The molecule has 0 aromatic carbocycles. The van der Waals surface area contributed by atoms with Gasteiger partial charge in [-0.2, -0.15) is 0 Å². The van der Waals surface area contributed by atoms with E-state index in [0.717, 1.165) is 11.3 Å². The molecule has 2 saturated carbocycles. The van der Waals surface area contributed by atoms with E-state index in [2.05, 4.69) is 31.5 Å². The molecule has 2 unspecified atom stereocenters. The van der Waals surface area contributed by atoms with Crippen molar-refractivity contribution in [2.45, 2.75) is 87.9 Å². The number of hydrogen-bond acceptors (Lipinski definition) is 1. The van der Waals surface area contributed by atoms with Gasteiger partial charge in [0, 0.05) is 23.7 Å². The molecule has 24 heavy (non-hydrogen) atoms. The van der Waals surface area contributed by atoms with Gasteiger partial charge in [-0.05, 0) is 62.5 Å². The highest BCUT2D eigenvalue weighted by Crippen LogP contribution is 2.48. The second-order valence-electron chi connectivity index (χ2n) is 8.03. The number of rotatable bonds is 6. The second-order valence-corrected chi connectivity index (χ2v) is 13.2. The summed E-state index contributed by atoms with van der Waals surface area (Å²) in [5, 5.41) is 0. The summed E-state index contributed by atoms with van der Waals surface area (Å²) >= 11 is 0. The number of pyridine rings is 1. The quantitative estimate of drug-likeness (QED) is 0.497. The molecule has 0 radical (unpaired) electrons. The minimum absolute atomic E-state index is 0.123. The van der Waals surface area contributed by atoms with Crippen LogP contribution < -0.4 is 0 Å². The maximum absolute atomic E-state index is 5.07. The van der Waals surface area contributed by atoms with Crippen LogP contribution in [-0.2, 0) is 12.3 Å². The van der Waals surface area contributed by atoms with Crippen molar-refractivity contribution in [3.63, 3.8) is 0 Å². The Bertz CT molecular complexity index is 451. The van der Waals surface area contributed by atoms with Gasteiger partial charge >= 0.3 is 0 Å². The Morgan fingerprint density at radius 1 is 0.750 bits per heavy atom. The Labute approximate surface area is 151 Å². The van der Waals surface area contributed by atoms with Gasteiger partial charge in [-0.1, -0.05) is 44.6 Å². The summed E-state index contributed by atoms with van der Waals surface area (Å²) in [5.41, 5.74) is 4.76. The van der Waals surface area contributed by atoms with Gasteiger partial charge in [0.2, 0.25) is 0 Å². The van der Waals surface area contributed by atoms with Crippen LogP contribution in [0.3, 0.4) is 0 Å². The topological polar surface area (TPSA) is 12.9 Å². The van der Waals surface area contributed by atoms with Gasteiger partial charge in [0.15, 0.2) is 0 Å². The SMILES string of the molecule is CP(Cc1cccc(CP(C)C2CCCCC2)n1)C1CCCCC1. The molecule has 134 valence electrons. The molecule has 0 saturated heterocycles. The van der Waals surface area contributed by atoms with Crippen LogP contribution in [0.2, 0.25) is 0 Å². The van der Waals surface area contributed by atoms with Gasteiger partial charge in [0.25, 0.3) is 0 Å². The van der Waals surface area contributed by atoms with Crippen molar-refractivity contribution in [1.29, 1.82) is 0 Å². The van der Waals surface area contributed by atoms with Crippen molar-refractivity contribution < 1.29 is 0 Å². The largest absolute Gasteiger partial charge is 0.257 e. The first kappa shape index (κ1) is 18.8. The summed E-state index contributed by atoms with van der Waals surface area (Å²) in [6.45, 7) is 5.04. The molecule has 1 nitrogen and oxygen atoms in total. The Kier molecular flexibility index (Phi) is 7.55. The molecular formula is C21H35NP2. The average molecular weight is 363 g/mol. The summed E-state index contributed by atoms with van der Waals surface area (Å²) in [5.74, 6) is 0. The predicted octanol–water partition coefficient (Wildman–Crippen LogP) is 6.97. The van der Waals surface area contributed by atoms with Crippen molar-refractivity contribution in [3.8, 4) is 0 Å². The van der Waals surface area contributed by atoms with E-state index in [1.165, 1.54) is 87.9 Å². The molecule has 0 spiro atoms. The summed E-state index contributed by atoms with van der Waals surface area (Å²) in [4.78, 5) is 5.07. The standard InChI is InChI=1S/C21H35NP2/c1-23(20-12-5-3-6-13-20)16-18-10-9-11-19(22-18)17-24(2)21-14-7-4-8-15-21/h9-11,20-21H,3-8,12-17H2,1-2H3. The van der Waals surface area contributed by atoms with E-state index >= 15 is 0 Å². The lowest BCUT2D eigenvalue weighted by Gasteiger charge is -2.29. The maximum atomic E-state index is 5.07. The predicted molar refractivity (Wildman–Crippen MR) is 111 cm³/mol. The van der Waals surface area contributed by atoms with Crippen molar-refractivity contribution in [1.82, 2.24) is 4.98 Å². The van der Waals surface area contributed by atoms with Crippen LogP contribution in [-0.4, -0.2) is 29.6 Å². The van der Waals surface area contributed by atoms with Crippen LogP contribution in [0.4, 0.5) is 0 Å². The molecule has 3 rings (SSSR count). The van der Waals surface area contributed by atoms with Crippen LogP contribution in [0.15, 0.2) is 18.2 Å². The molecule has 3 heteroatoms. The Balaban J connectivity index is 1.55. The number of aromatic nitrogens is 1. The molecular weight excluding hydrogens is 328 g/mol. The van der Waals surface area contributed by atoms with Crippen molar-refractivity contribution in [3.05, 3.63) is 29.6 Å². The first-order valence-corrected chi connectivity index (χ1v) is 14.2. The van der Waals surface area contributed by atoms with Crippen LogP contribution in [0, 0.1) is 0 Å². The highest BCUT2D eigenvalue weighted by molar-refractivity contribution is 7.57. The zero-order valence-electron chi connectivity index (χ0n) is 15.7. The van der Waals surface area contributed by atoms with Crippen molar-refractivity contribution in [2.75, 3.05) is 13.3 Å². The fraction of sp³-hybridized carbons (Fsp3) is 0.762. The normalized spacial score (nSPS) is 23.1. The van der Waals surface area contributed by atoms with Crippen molar-refractivity contribution >= 4 is 15.8 Å². The van der Waals surface area contributed by atoms with Crippen LogP contribution in [0.25, 0.3) is 0 Å². The van der Waals surface area contributed by atoms with Gasteiger partial charge in [0.1, 0.15) is 0 Å². The third-order valence-corrected chi connectivity index (χ3v) is 11.3. The highest BCUT2D eigenvalue weighted by Gasteiger charge is 2.22. The third kappa shape index (κ3) is 5.51. The summed E-state index contributed by atoms with van der Waals surface area (Å²) in [6.07, 6.45) is 17.2. The Morgan fingerprint density at radius 2 is 1.17 bits per heavy atom. The third-order valence-electron chi connectivity index (χ3n) is 6.08. The Morgan fingerprint density at radius 3 is 1.58 bits per heavy atom. The van der Waals surface area contributed by atoms with E-state index < -0.39 is 0 Å². The fourth-order valence-corrected chi connectivity index (χ4v) is 8.90. The highest BCUT2D eigenvalue weighted by atomic mass is 31.1. The minimum Gasteiger partial charge on any atom is -0.257 e. The molecule has 1 heterocycles. The zero-order chi connectivity index (χ0) is 16.8. The monoisotopic (exact) mass is 363 g/mol. The van der Waals surface area contributed by atoms with Crippen molar-refractivity contribution in [2.24, 2.45) is 0 Å². The average Bonchev–Trinajstić information content (AvgIpc) is 2.63. The molecule has 2 aliphatic rings. The van der Waals surface area contributed by atoms with Gasteiger partial charge in [0.05, 0.1) is 0 Å². The van der Waals surface area contributed by atoms with Gasteiger partial charge in [-0.25, -0.2) is 0 Å². The van der Waals surface area contributed by atoms with E-state index in [9.17, 15) is 0 Å². The van der Waals surface area contributed by atoms with E-state index in [-0.39, 0.29) is 15.8 Å². The fourth-order valence-electron chi connectivity index (χ4n) is 4.52. The number of hydrogen-bond donors (Lipinski definition) is 0. The first-order chi connectivity index (χ1) is 11.7. The molecule has 2 aliphatic carbocycles. The first-order valence-electron chi connectivity index (χ1n) is 10.1. The summed E-state index contributed by atoms with van der Waals surface area (Å²) in [6, 6.07) is 6.83. The molecule has 1 aromatic heterocycles. The number of nitrogens with zero attached hydrogens (tertiary/aromatic N) is 1. The Hall–Kier alpha value is 0.01000. The van der Waals surface area contributed by atoms with Gasteiger partial charge in [-0.15, -0.1) is 15.8 Å². The molecule has 0 bridgehead atoms. The summed E-state index contributed by atoms with van der Waals surface area (Å²) in [7, 11) is 0.246. The van der Waals surface area contributed by atoms with E-state index in [0.29, 0.717) is 0 Å². The van der Waals surface area contributed by atoms with Crippen LogP contribution in [0.5, 0.6) is 0 Å². The van der Waals surface area contributed by atoms with E-state index in [1.54, 1.807) is 0 Å². The van der Waals surface area contributed by atoms with Crippen LogP contribution >= 0.6 is 15.8 Å². The summed E-state index contributed by atoms with van der Waals surface area (Å²) < 4.78 is 0. The lowest BCUT2D eigenvalue weighted by Crippen LogP contribution is -2.12. The second kappa shape index (κ2) is 9.64. The maximum Gasteiger partial charge on any atom is 0.0449 e. The molecule has 2 atom stereocenters. The van der Waals surface area contributed by atoms with E-state index in [4.69, 9.17) is 4.98 Å². The van der Waals surface area contributed by atoms with E-state index in [1.807, 2.05) is 0 Å². The molecule has 0 amide bonds.